The van der Waals surface area contributed by atoms with Crippen molar-refractivity contribution in [3.05, 3.63) is 35.8 Å². The Kier molecular flexibility index (Phi) is 5.24. The Balaban J connectivity index is 1.75. The number of piperazine rings is 1. The third-order valence-corrected chi connectivity index (χ3v) is 4.83. The first kappa shape index (κ1) is 18.3. The first-order chi connectivity index (χ1) is 12.4. The molecule has 8 heteroatoms. The summed E-state index contributed by atoms with van der Waals surface area (Å²) in [6.07, 6.45) is 1.64. The van der Waals surface area contributed by atoms with Crippen molar-refractivity contribution in [1.82, 2.24) is 19.7 Å². The van der Waals surface area contributed by atoms with Crippen LogP contribution in [0, 0.1) is 5.82 Å². The number of amides is 1. The fourth-order valence-electron chi connectivity index (χ4n) is 3.35. The van der Waals surface area contributed by atoms with Crippen molar-refractivity contribution in [2.45, 2.75) is 6.04 Å². The van der Waals surface area contributed by atoms with E-state index in [4.69, 9.17) is 0 Å². The highest BCUT2D eigenvalue weighted by Gasteiger charge is 2.32. The third-order valence-electron chi connectivity index (χ3n) is 4.83. The molecule has 0 radical (unpaired) electrons. The molecule has 26 heavy (non-hydrogen) atoms. The molecular weight excluding hydrogens is 339 g/mol. The summed E-state index contributed by atoms with van der Waals surface area (Å²) in [5.74, 6) is -1.27. The molecule has 0 spiro atoms. The van der Waals surface area contributed by atoms with Gasteiger partial charge in [-0.15, -0.1) is 0 Å². The number of halogens is 1. The van der Waals surface area contributed by atoms with Gasteiger partial charge in [-0.3, -0.25) is 19.4 Å². The molecule has 2 heterocycles. The number of aromatic amines is 1. The van der Waals surface area contributed by atoms with Gasteiger partial charge in [0.2, 0.25) is 5.91 Å². The van der Waals surface area contributed by atoms with Crippen LogP contribution in [0.1, 0.15) is 11.6 Å². The lowest BCUT2D eigenvalue weighted by molar-refractivity contribution is -0.145. The topological polar surface area (TPSA) is 79.9 Å². The average molecular weight is 362 g/mol. The molecule has 1 amide bonds. The zero-order valence-electron chi connectivity index (χ0n) is 14.9. The molecule has 1 saturated heterocycles. The molecule has 1 aromatic heterocycles. The molecule has 1 fully saturated rings. The summed E-state index contributed by atoms with van der Waals surface area (Å²) in [6.45, 7) is 2.68. The van der Waals surface area contributed by atoms with Crippen molar-refractivity contribution in [2.24, 2.45) is 0 Å². The van der Waals surface area contributed by atoms with Crippen molar-refractivity contribution in [3.8, 4) is 0 Å². The van der Waals surface area contributed by atoms with Crippen molar-refractivity contribution >= 4 is 22.8 Å². The number of benzene rings is 1. The predicted octanol–water partition coefficient (Wildman–Crippen LogP) is 1.14. The Hall–Kier alpha value is -2.45. The number of fused-ring (bicyclic) bond motifs is 1. The summed E-state index contributed by atoms with van der Waals surface area (Å²) in [5, 5.41) is 10.5. The maximum atomic E-state index is 13.4. The minimum absolute atomic E-state index is 0.0342. The first-order valence-corrected chi connectivity index (χ1v) is 8.52. The number of carbonyl (C=O) groups excluding carboxylic acids is 1. The number of rotatable bonds is 5. The maximum absolute atomic E-state index is 13.4. The highest BCUT2D eigenvalue weighted by Crippen LogP contribution is 2.30. The Bertz CT molecular complexity index is 812. The highest BCUT2D eigenvalue weighted by molar-refractivity contribution is 5.89. The van der Waals surface area contributed by atoms with Gasteiger partial charge in [-0.2, -0.15) is 0 Å². The van der Waals surface area contributed by atoms with Gasteiger partial charge in [0.15, 0.2) is 0 Å². The summed E-state index contributed by atoms with van der Waals surface area (Å²) < 4.78 is 13.4. The van der Waals surface area contributed by atoms with Crippen molar-refractivity contribution in [1.29, 1.82) is 0 Å². The van der Waals surface area contributed by atoms with E-state index in [1.54, 1.807) is 31.3 Å². The first-order valence-electron chi connectivity index (χ1n) is 8.52. The van der Waals surface area contributed by atoms with Crippen LogP contribution in [0.25, 0.3) is 10.9 Å². The number of aliphatic carboxylic acids is 1. The number of nitrogens with one attached hydrogen (secondary N) is 1. The standard InChI is InChI=1S/C18H23FN4O3/c1-21(2)16(24)11-22-5-7-23(8-6-22)17(18(25)26)14-10-20-15-9-12(19)3-4-13(14)15/h3-4,9-10,17,20H,5-8,11H2,1-2H3,(H,25,26)/t17-/m0/s1. The molecular formula is C18H23FN4O3. The monoisotopic (exact) mass is 362 g/mol. The van der Waals surface area contributed by atoms with E-state index >= 15 is 0 Å². The molecule has 3 rings (SSSR count). The number of nitrogens with zero attached hydrogens (tertiary/aromatic N) is 3. The van der Waals surface area contributed by atoms with E-state index in [1.165, 1.54) is 12.1 Å². The molecule has 1 aliphatic heterocycles. The molecule has 0 bridgehead atoms. The lowest BCUT2D eigenvalue weighted by atomic mass is 10.0. The second-order valence-electron chi connectivity index (χ2n) is 6.77. The summed E-state index contributed by atoms with van der Waals surface area (Å²) in [5.41, 5.74) is 1.21. The molecule has 0 saturated carbocycles. The van der Waals surface area contributed by atoms with Gasteiger partial charge in [0.25, 0.3) is 0 Å². The van der Waals surface area contributed by atoms with Gasteiger partial charge in [-0.25, -0.2) is 4.39 Å². The van der Waals surface area contributed by atoms with Gasteiger partial charge in [0.05, 0.1) is 6.54 Å². The van der Waals surface area contributed by atoms with Gasteiger partial charge < -0.3 is 15.0 Å². The van der Waals surface area contributed by atoms with Crippen LogP contribution in [-0.2, 0) is 9.59 Å². The van der Waals surface area contributed by atoms with Gasteiger partial charge >= 0.3 is 5.97 Å². The van der Waals surface area contributed by atoms with E-state index in [-0.39, 0.29) is 11.7 Å². The normalized spacial score (nSPS) is 17.3. The Labute approximate surface area is 151 Å². The Morgan fingerprint density at radius 3 is 2.58 bits per heavy atom. The lowest BCUT2D eigenvalue weighted by Crippen LogP contribution is -2.51. The van der Waals surface area contributed by atoms with E-state index in [1.807, 2.05) is 9.80 Å². The predicted molar refractivity (Wildman–Crippen MR) is 95.3 cm³/mol. The number of H-pyrrole nitrogens is 1. The molecule has 1 aliphatic rings. The summed E-state index contributed by atoms with van der Waals surface area (Å²) >= 11 is 0. The molecule has 7 nitrogen and oxygen atoms in total. The number of hydrogen-bond donors (Lipinski definition) is 2. The van der Waals surface area contributed by atoms with Crippen LogP contribution in [-0.4, -0.2) is 83.5 Å². The van der Waals surface area contributed by atoms with Crippen LogP contribution < -0.4 is 0 Å². The summed E-state index contributed by atoms with van der Waals surface area (Å²) in [4.78, 5) is 32.2. The number of hydrogen-bond acceptors (Lipinski definition) is 4. The van der Waals surface area contributed by atoms with Crippen molar-refractivity contribution < 1.29 is 19.1 Å². The smallest absolute Gasteiger partial charge is 0.325 e. The van der Waals surface area contributed by atoms with Crippen LogP contribution in [0.5, 0.6) is 0 Å². The molecule has 2 aromatic rings. The van der Waals surface area contributed by atoms with Crippen LogP contribution in [0.2, 0.25) is 0 Å². The van der Waals surface area contributed by atoms with E-state index in [0.29, 0.717) is 49.2 Å². The number of likely N-dealkylation sites (N-methyl/N-ethyl adjacent to an activating group) is 1. The summed E-state index contributed by atoms with van der Waals surface area (Å²) in [7, 11) is 3.44. The minimum atomic E-state index is -0.937. The molecule has 1 aromatic carbocycles. The maximum Gasteiger partial charge on any atom is 0.325 e. The second-order valence-corrected chi connectivity index (χ2v) is 6.77. The van der Waals surface area contributed by atoms with E-state index < -0.39 is 12.0 Å². The van der Waals surface area contributed by atoms with Gasteiger partial charge in [-0.1, -0.05) is 0 Å². The van der Waals surface area contributed by atoms with Crippen LogP contribution in [0.4, 0.5) is 4.39 Å². The SMILES string of the molecule is CN(C)C(=O)CN1CCN([C@H](C(=O)O)c2c[nH]c3cc(F)ccc23)CC1. The van der Waals surface area contributed by atoms with Crippen LogP contribution in [0.3, 0.4) is 0 Å². The molecule has 0 unspecified atom stereocenters. The number of carboxylic acid groups (broad SMARTS) is 1. The van der Waals surface area contributed by atoms with Gasteiger partial charge in [-0.05, 0) is 18.2 Å². The summed E-state index contributed by atoms with van der Waals surface area (Å²) in [6, 6.07) is 3.51. The fraction of sp³-hybridized carbons (Fsp3) is 0.444. The fourth-order valence-corrected chi connectivity index (χ4v) is 3.35. The van der Waals surface area contributed by atoms with Crippen molar-refractivity contribution in [3.63, 3.8) is 0 Å². The Morgan fingerprint density at radius 1 is 1.27 bits per heavy atom. The molecule has 2 N–H and O–H groups in total. The van der Waals surface area contributed by atoms with E-state index in [0.717, 1.165) is 0 Å². The zero-order chi connectivity index (χ0) is 18.8. The number of carbonyl (C=O) groups is 2. The molecule has 1 atom stereocenters. The average Bonchev–Trinajstić information content (AvgIpc) is 2.99. The van der Waals surface area contributed by atoms with E-state index in [9.17, 15) is 19.1 Å². The largest absolute Gasteiger partial charge is 0.480 e. The quantitative estimate of drug-likeness (QED) is 0.834. The number of carboxylic acids is 1. The molecule has 140 valence electrons. The van der Waals surface area contributed by atoms with E-state index in [2.05, 4.69) is 4.98 Å². The van der Waals surface area contributed by atoms with Gasteiger partial charge in [0.1, 0.15) is 11.9 Å². The van der Waals surface area contributed by atoms with Gasteiger partial charge in [0, 0.05) is 62.9 Å². The van der Waals surface area contributed by atoms with Crippen LogP contribution in [0.15, 0.2) is 24.4 Å². The highest BCUT2D eigenvalue weighted by atomic mass is 19.1. The van der Waals surface area contributed by atoms with Crippen LogP contribution >= 0.6 is 0 Å². The number of aromatic nitrogens is 1. The lowest BCUT2D eigenvalue weighted by Gasteiger charge is -2.37. The molecule has 0 aliphatic carbocycles. The minimum Gasteiger partial charge on any atom is -0.480 e. The zero-order valence-corrected chi connectivity index (χ0v) is 14.9. The Morgan fingerprint density at radius 2 is 1.96 bits per heavy atom. The third kappa shape index (κ3) is 3.71. The van der Waals surface area contributed by atoms with Crippen molar-refractivity contribution in [2.75, 3.05) is 46.8 Å². The second kappa shape index (κ2) is 7.43.